The second kappa shape index (κ2) is 8.03. The SMILES string of the molecule is C=C1C(C(=O)O)=CN2c3c1cc(F)c(N1CCC(CNc4nc(C)c(C)s4)C1)c3OCN2C. The third kappa shape index (κ3) is 3.63. The van der Waals surface area contributed by atoms with Crippen molar-refractivity contribution < 1.29 is 19.0 Å². The number of nitrogens with zero attached hydrogens (tertiary/aromatic N) is 4. The van der Waals surface area contributed by atoms with Gasteiger partial charge in [-0.15, -0.1) is 11.3 Å². The molecule has 0 saturated carbocycles. The molecule has 0 radical (unpaired) electrons. The first-order valence-electron chi connectivity index (χ1n) is 10.8. The first kappa shape index (κ1) is 21.7. The number of anilines is 3. The van der Waals surface area contributed by atoms with Gasteiger partial charge < -0.3 is 20.1 Å². The fourth-order valence-corrected chi connectivity index (χ4v) is 5.38. The number of aryl methyl sites for hydroxylation is 2. The van der Waals surface area contributed by atoms with Gasteiger partial charge in [0.05, 0.1) is 11.3 Å². The number of halogens is 1. The summed E-state index contributed by atoms with van der Waals surface area (Å²) in [5.41, 5.74) is 2.84. The highest BCUT2D eigenvalue weighted by Gasteiger charge is 2.38. The second-order valence-electron chi connectivity index (χ2n) is 8.68. The summed E-state index contributed by atoms with van der Waals surface area (Å²) in [6.45, 7) is 10.3. The molecule has 5 rings (SSSR count). The van der Waals surface area contributed by atoms with Crippen LogP contribution in [0.4, 0.5) is 20.9 Å². The van der Waals surface area contributed by atoms with Crippen LogP contribution in [0.25, 0.3) is 5.57 Å². The Kier molecular flexibility index (Phi) is 5.29. The van der Waals surface area contributed by atoms with E-state index in [1.165, 1.54) is 17.1 Å². The van der Waals surface area contributed by atoms with Crippen molar-refractivity contribution in [2.24, 2.45) is 5.92 Å². The predicted molar refractivity (Wildman–Crippen MR) is 127 cm³/mol. The van der Waals surface area contributed by atoms with Gasteiger partial charge in [-0.3, -0.25) is 5.01 Å². The molecule has 1 aromatic heterocycles. The summed E-state index contributed by atoms with van der Waals surface area (Å²) in [4.78, 5) is 19.5. The zero-order valence-corrected chi connectivity index (χ0v) is 19.6. The summed E-state index contributed by atoms with van der Waals surface area (Å²) in [5, 5.41) is 17.4. The van der Waals surface area contributed by atoms with E-state index < -0.39 is 11.8 Å². The molecule has 1 saturated heterocycles. The molecule has 33 heavy (non-hydrogen) atoms. The molecule has 3 aliphatic heterocycles. The number of thiazole rings is 1. The van der Waals surface area contributed by atoms with Gasteiger partial charge in [0.25, 0.3) is 0 Å². The smallest absolute Gasteiger partial charge is 0.337 e. The number of aromatic nitrogens is 1. The van der Waals surface area contributed by atoms with Crippen LogP contribution >= 0.6 is 11.3 Å². The normalized spacial score (nSPS) is 19.9. The Morgan fingerprint density at radius 3 is 2.91 bits per heavy atom. The first-order valence-corrected chi connectivity index (χ1v) is 11.6. The lowest BCUT2D eigenvalue weighted by Crippen LogP contribution is -2.45. The minimum atomic E-state index is -1.10. The highest BCUT2D eigenvalue weighted by Crippen LogP contribution is 2.51. The molecular formula is C23H26FN5O3S. The van der Waals surface area contributed by atoms with Gasteiger partial charge in [0.2, 0.25) is 0 Å². The molecular weight excluding hydrogens is 445 g/mol. The lowest BCUT2D eigenvalue weighted by atomic mass is 9.93. The number of carbonyl (C=O) groups is 1. The Labute approximate surface area is 195 Å². The molecule has 3 aliphatic rings. The summed E-state index contributed by atoms with van der Waals surface area (Å²) < 4.78 is 21.5. The fraction of sp³-hybridized carbons (Fsp3) is 0.391. The third-order valence-electron chi connectivity index (χ3n) is 6.48. The monoisotopic (exact) mass is 471 g/mol. The van der Waals surface area contributed by atoms with Crippen LogP contribution in [0, 0.1) is 25.6 Å². The highest BCUT2D eigenvalue weighted by atomic mass is 32.1. The van der Waals surface area contributed by atoms with Crippen molar-refractivity contribution in [2.45, 2.75) is 20.3 Å². The number of hydrogen-bond donors (Lipinski definition) is 2. The zero-order chi connectivity index (χ0) is 23.4. The summed E-state index contributed by atoms with van der Waals surface area (Å²) in [5.74, 6) is -0.754. The van der Waals surface area contributed by atoms with Gasteiger partial charge in [0, 0.05) is 43.3 Å². The number of aliphatic carboxylic acids is 1. The number of rotatable bonds is 5. The topological polar surface area (TPSA) is 81.2 Å². The van der Waals surface area contributed by atoms with Gasteiger partial charge in [-0.05, 0) is 37.8 Å². The predicted octanol–water partition coefficient (Wildman–Crippen LogP) is 3.84. The number of carboxylic acid groups (broad SMARTS) is 1. The quantitative estimate of drug-likeness (QED) is 0.681. The minimum Gasteiger partial charge on any atom is -0.478 e. The molecule has 174 valence electrons. The van der Waals surface area contributed by atoms with Crippen LogP contribution in [-0.4, -0.2) is 54.5 Å². The minimum absolute atomic E-state index is 0.0364. The van der Waals surface area contributed by atoms with Crippen molar-refractivity contribution in [2.75, 3.05) is 48.6 Å². The number of nitrogens with one attached hydrogen (secondary N) is 1. The zero-order valence-electron chi connectivity index (χ0n) is 18.8. The van der Waals surface area contributed by atoms with E-state index in [1.807, 2.05) is 11.8 Å². The second-order valence-corrected chi connectivity index (χ2v) is 9.88. The summed E-state index contributed by atoms with van der Waals surface area (Å²) in [6.07, 6.45) is 2.45. The highest BCUT2D eigenvalue weighted by molar-refractivity contribution is 7.15. The molecule has 0 amide bonds. The van der Waals surface area contributed by atoms with Crippen LogP contribution in [0.1, 0.15) is 22.6 Å². The van der Waals surface area contributed by atoms with Crippen LogP contribution < -0.4 is 20.0 Å². The van der Waals surface area contributed by atoms with Crippen molar-refractivity contribution in [3.8, 4) is 5.75 Å². The Balaban J connectivity index is 1.42. The van der Waals surface area contributed by atoms with E-state index in [1.54, 1.807) is 28.4 Å². The van der Waals surface area contributed by atoms with E-state index in [2.05, 4.69) is 23.8 Å². The number of hydrogen-bond acceptors (Lipinski definition) is 8. The standard InChI is InChI=1S/C23H26FN5O3S/c1-12-16-7-18(24)20(21-19(16)29(27(4)11-32-21)10-17(12)22(30)31)28-6-5-15(9-28)8-25-23-26-13(2)14(3)33-23/h7,10,15H,1,5-6,8-9,11H2,2-4H3,(H,25,26)(H,30,31). The van der Waals surface area contributed by atoms with E-state index in [0.717, 1.165) is 23.8 Å². The third-order valence-corrected chi connectivity index (χ3v) is 7.51. The number of hydrazine groups is 1. The maximum Gasteiger partial charge on any atom is 0.337 e. The molecule has 2 N–H and O–H groups in total. The van der Waals surface area contributed by atoms with Crippen LogP contribution in [0.2, 0.25) is 0 Å². The Hall–Kier alpha value is -3.11. The summed E-state index contributed by atoms with van der Waals surface area (Å²) >= 11 is 1.65. The van der Waals surface area contributed by atoms with Gasteiger partial charge in [-0.2, -0.15) is 5.01 Å². The molecule has 1 atom stereocenters. The van der Waals surface area contributed by atoms with Crippen molar-refractivity contribution in [3.63, 3.8) is 0 Å². The lowest BCUT2D eigenvalue weighted by Gasteiger charge is -2.42. The van der Waals surface area contributed by atoms with Crippen LogP contribution in [0.15, 0.2) is 24.4 Å². The Bertz CT molecular complexity index is 1170. The average molecular weight is 472 g/mol. The molecule has 1 fully saturated rings. The van der Waals surface area contributed by atoms with Crippen molar-refractivity contribution in [1.29, 1.82) is 0 Å². The first-order chi connectivity index (χ1) is 15.7. The van der Waals surface area contributed by atoms with Crippen LogP contribution in [0.3, 0.4) is 0 Å². The van der Waals surface area contributed by atoms with E-state index >= 15 is 4.39 Å². The largest absolute Gasteiger partial charge is 0.478 e. The van der Waals surface area contributed by atoms with Crippen LogP contribution in [0.5, 0.6) is 5.75 Å². The number of carboxylic acids is 1. The van der Waals surface area contributed by atoms with Crippen molar-refractivity contribution in [1.82, 2.24) is 9.99 Å². The molecule has 0 spiro atoms. The van der Waals surface area contributed by atoms with E-state index in [4.69, 9.17) is 4.74 Å². The Morgan fingerprint density at radius 1 is 1.42 bits per heavy atom. The molecule has 1 unspecified atom stereocenters. The van der Waals surface area contributed by atoms with Crippen LogP contribution in [-0.2, 0) is 4.79 Å². The van der Waals surface area contributed by atoms with Gasteiger partial charge in [0.15, 0.2) is 23.4 Å². The summed E-state index contributed by atoms with van der Waals surface area (Å²) in [6, 6.07) is 1.38. The van der Waals surface area contributed by atoms with Crippen molar-refractivity contribution >= 4 is 39.4 Å². The molecule has 10 heteroatoms. The maximum atomic E-state index is 15.5. The van der Waals surface area contributed by atoms with Gasteiger partial charge >= 0.3 is 5.97 Å². The molecule has 0 bridgehead atoms. The number of benzene rings is 1. The fourth-order valence-electron chi connectivity index (χ4n) is 4.56. The molecule has 0 aliphatic carbocycles. The summed E-state index contributed by atoms with van der Waals surface area (Å²) in [7, 11) is 1.79. The molecule has 4 heterocycles. The molecule has 2 aromatic rings. The molecule has 1 aromatic carbocycles. The molecule has 8 nitrogen and oxygen atoms in total. The maximum absolute atomic E-state index is 15.5. The lowest BCUT2D eigenvalue weighted by molar-refractivity contribution is -0.132. The van der Waals surface area contributed by atoms with E-state index in [0.29, 0.717) is 41.7 Å². The van der Waals surface area contributed by atoms with E-state index in [-0.39, 0.29) is 17.9 Å². The van der Waals surface area contributed by atoms with Gasteiger partial charge in [-0.25, -0.2) is 14.2 Å². The number of ether oxygens (including phenoxy) is 1. The average Bonchev–Trinajstić information content (AvgIpc) is 3.36. The van der Waals surface area contributed by atoms with Crippen molar-refractivity contribution in [3.05, 3.63) is 46.4 Å². The van der Waals surface area contributed by atoms with Gasteiger partial charge in [0.1, 0.15) is 11.4 Å². The Morgan fingerprint density at radius 2 is 2.21 bits per heavy atom. The van der Waals surface area contributed by atoms with E-state index in [9.17, 15) is 9.90 Å². The van der Waals surface area contributed by atoms with Gasteiger partial charge in [-0.1, -0.05) is 6.58 Å².